The van der Waals surface area contributed by atoms with Gasteiger partial charge in [-0.3, -0.25) is 0 Å². The van der Waals surface area contributed by atoms with Crippen LogP contribution in [-0.4, -0.2) is 47.6 Å². The zero-order chi connectivity index (χ0) is 18.6. The maximum atomic E-state index is 12.0. The number of esters is 2. The Morgan fingerprint density at radius 2 is 2.04 bits per heavy atom. The highest BCUT2D eigenvalue weighted by Crippen LogP contribution is 2.36. The molecule has 0 saturated carbocycles. The number of rotatable bonds is 4. The third-order valence-corrected chi connectivity index (χ3v) is 4.44. The van der Waals surface area contributed by atoms with E-state index in [1.807, 2.05) is 6.08 Å². The zero-order valence-corrected chi connectivity index (χ0v) is 14.4. The lowest BCUT2D eigenvalue weighted by Gasteiger charge is -2.27. The summed E-state index contributed by atoms with van der Waals surface area (Å²) >= 11 is 0. The Hall–Kier alpha value is -2.18. The number of carbonyl (C=O) groups is 2. The van der Waals surface area contributed by atoms with Crippen molar-refractivity contribution in [3.05, 3.63) is 47.6 Å². The van der Waals surface area contributed by atoms with Gasteiger partial charge in [0.25, 0.3) is 0 Å². The Labute approximate surface area is 147 Å². The predicted molar refractivity (Wildman–Crippen MR) is 91.4 cm³/mol. The molecule has 0 aromatic rings. The van der Waals surface area contributed by atoms with E-state index in [9.17, 15) is 19.8 Å². The second-order valence-electron chi connectivity index (χ2n) is 6.39. The van der Waals surface area contributed by atoms with Crippen molar-refractivity contribution >= 4 is 11.9 Å². The van der Waals surface area contributed by atoms with Crippen molar-refractivity contribution in [2.24, 2.45) is 5.92 Å². The van der Waals surface area contributed by atoms with Gasteiger partial charge in [0.2, 0.25) is 0 Å². The molecule has 1 saturated heterocycles. The van der Waals surface area contributed by atoms with Crippen molar-refractivity contribution in [1.29, 1.82) is 0 Å². The van der Waals surface area contributed by atoms with Crippen LogP contribution in [0.4, 0.5) is 0 Å². The predicted octanol–water partition coefficient (Wildman–Crippen LogP) is 1.59. The highest BCUT2D eigenvalue weighted by molar-refractivity contribution is 5.91. The zero-order valence-electron chi connectivity index (χ0n) is 14.4. The maximum absolute atomic E-state index is 12.0. The second kappa shape index (κ2) is 8.27. The molecule has 0 radical (unpaired) electrons. The van der Waals surface area contributed by atoms with Gasteiger partial charge < -0.3 is 19.7 Å². The van der Waals surface area contributed by atoms with Crippen LogP contribution >= 0.6 is 0 Å². The van der Waals surface area contributed by atoms with E-state index < -0.39 is 30.1 Å². The van der Waals surface area contributed by atoms with E-state index in [0.717, 1.165) is 5.57 Å². The molecule has 6 nitrogen and oxygen atoms in total. The molecular formula is C19H24O6. The third-order valence-electron chi connectivity index (χ3n) is 4.44. The van der Waals surface area contributed by atoms with Gasteiger partial charge in [-0.2, -0.15) is 0 Å². The first-order chi connectivity index (χ1) is 11.9. The average molecular weight is 348 g/mol. The topological polar surface area (TPSA) is 93.1 Å². The first-order valence-electron chi connectivity index (χ1n) is 8.22. The SMILES string of the molecule is C=C(C)C(=O)OC1CC(CO)=CCCC(CO)=CC2OC(=O)C(=C)C21. The largest absolute Gasteiger partial charge is 0.458 e. The molecule has 1 fully saturated rings. The summed E-state index contributed by atoms with van der Waals surface area (Å²) in [5.41, 5.74) is 1.88. The van der Waals surface area contributed by atoms with Crippen molar-refractivity contribution < 1.29 is 29.3 Å². The number of allylic oxidation sites excluding steroid dienone is 1. The minimum Gasteiger partial charge on any atom is -0.458 e. The normalized spacial score (nSPS) is 26.9. The molecule has 1 aliphatic heterocycles. The van der Waals surface area contributed by atoms with E-state index in [4.69, 9.17) is 9.47 Å². The minimum absolute atomic E-state index is 0.161. The van der Waals surface area contributed by atoms with Gasteiger partial charge in [0.1, 0.15) is 12.2 Å². The van der Waals surface area contributed by atoms with Gasteiger partial charge in [-0.05, 0) is 37.0 Å². The van der Waals surface area contributed by atoms with Crippen molar-refractivity contribution in [2.45, 2.75) is 38.4 Å². The molecule has 2 rings (SSSR count). The van der Waals surface area contributed by atoms with E-state index in [2.05, 4.69) is 13.2 Å². The average Bonchev–Trinajstić information content (AvgIpc) is 2.85. The van der Waals surface area contributed by atoms with Crippen LogP contribution in [0.25, 0.3) is 0 Å². The number of hydrogen-bond acceptors (Lipinski definition) is 6. The third kappa shape index (κ3) is 4.46. The van der Waals surface area contributed by atoms with Crippen LogP contribution in [0.3, 0.4) is 0 Å². The summed E-state index contributed by atoms with van der Waals surface area (Å²) in [6.07, 6.45) is 3.67. The maximum Gasteiger partial charge on any atom is 0.334 e. The van der Waals surface area contributed by atoms with Crippen molar-refractivity contribution in [2.75, 3.05) is 13.2 Å². The van der Waals surface area contributed by atoms with Crippen LogP contribution in [0.2, 0.25) is 0 Å². The summed E-state index contributed by atoms with van der Waals surface area (Å²) in [5, 5.41) is 19.1. The summed E-state index contributed by atoms with van der Waals surface area (Å²) in [7, 11) is 0. The Morgan fingerprint density at radius 1 is 1.36 bits per heavy atom. The molecule has 0 spiro atoms. The number of carbonyl (C=O) groups excluding carboxylic acids is 2. The van der Waals surface area contributed by atoms with E-state index in [1.54, 1.807) is 6.08 Å². The highest BCUT2D eigenvalue weighted by atomic mass is 16.6. The fraction of sp³-hybridized carbons (Fsp3) is 0.474. The minimum atomic E-state index is -0.721. The Bertz CT molecular complexity index is 642. The van der Waals surface area contributed by atoms with Crippen LogP contribution in [0.15, 0.2) is 47.6 Å². The molecule has 1 aliphatic carbocycles. The molecule has 3 atom stereocenters. The lowest BCUT2D eigenvalue weighted by Crippen LogP contribution is -2.34. The summed E-state index contributed by atoms with van der Waals surface area (Å²) in [6.45, 7) is 8.56. The number of fused-ring (bicyclic) bond motifs is 1. The molecule has 2 N–H and O–H groups in total. The van der Waals surface area contributed by atoms with E-state index in [0.29, 0.717) is 18.4 Å². The van der Waals surface area contributed by atoms with Crippen LogP contribution in [0.5, 0.6) is 0 Å². The van der Waals surface area contributed by atoms with E-state index >= 15 is 0 Å². The summed E-state index contributed by atoms with van der Waals surface area (Å²) in [5.74, 6) is -1.70. The molecule has 3 unspecified atom stereocenters. The van der Waals surface area contributed by atoms with Gasteiger partial charge in [0.15, 0.2) is 0 Å². The summed E-state index contributed by atoms with van der Waals surface area (Å²) < 4.78 is 10.9. The van der Waals surface area contributed by atoms with Crippen molar-refractivity contribution in [3.8, 4) is 0 Å². The lowest BCUT2D eigenvalue weighted by atomic mass is 9.85. The van der Waals surface area contributed by atoms with Gasteiger partial charge >= 0.3 is 11.9 Å². The number of hydrogen-bond donors (Lipinski definition) is 2. The quantitative estimate of drug-likeness (QED) is 0.455. The lowest BCUT2D eigenvalue weighted by molar-refractivity contribution is -0.147. The Morgan fingerprint density at radius 3 is 2.64 bits per heavy atom. The van der Waals surface area contributed by atoms with Crippen LogP contribution in [0, 0.1) is 5.92 Å². The molecule has 0 aromatic carbocycles. The first-order valence-corrected chi connectivity index (χ1v) is 8.22. The van der Waals surface area contributed by atoms with Crippen molar-refractivity contribution in [3.63, 3.8) is 0 Å². The number of aliphatic hydroxyl groups is 2. The fourth-order valence-electron chi connectivity index (χ4n) is 3.04. The molecule has 0 amide bonds. The van der Waals surface area contributed by atoms with Gasteiger partial charge in [-0.15, -0.1) is 0 Å². The van der Waals surface area contributed by atoms with Crippen LogP contribution in [0.1, 0.15) is 26.2 Å². The standard InChI is InChI=1S/C19H24O6/c1-11(2)18(22)24-15-7-13(9-20)5-4-6-14(10-21)8-16-17(15)12(3)19(23)25-16/h5,8,15-17,20-21H,1,3-4,6-7,9-10H2,2H3. The molecule has 0 bridgehead atoms. The van der Waals surface area contributed by atoms with Gasteiger partial charge in [-0.25, -0.2) is 9.59 Å². The molecule has 25 heavy (non-hydrogen) atoms. The van der Waals surface area contributed by atoms with Gasteiger partial charge in [-0.1, -0.05) is 19.2 Å². The Balaban J connectivity index is 2.43. The van der Waals surface area contributed by atoms with Crippen LogP contribution in [-0.2, 0) is 19.1 Å². The second-order valence-corrected chi connectivity index (χ2v) is 6.39. The number of aliphatic hydroxyl groups excluding tert-OH is 2. The highest BCUT2D eigenvalue weighted by Gasteiger charge is 2.44. The first kappa shape index (κ1) is 19.1. The molecular weight excluding hydrogens is 324 g/mol. The molecule has 0 aromatic heterocycles. The summed E-state index contributed by atoms with van der Waals surface area (Å²) in [4.78, 5) is 24.1. The molecule has 1 heterocycles. The Kier molecular flexibility index (Phi) is 6.33. The fourth-order valence-corrected chi connectivity index (χ4v) is 3.04. The van der Waals surface area contributed by atoms with Gasteiger partial charge in [0, 0.05) is 17.6 Å². The molecule has 2 aliphatic rings. The molecule has 6 heteroatoms. The van der Waals surface area contributed by atoms with Crippen molar-refractivity contribution in [1.82, 2.24) is 0 Å². The van der Waals surface area contributed by atoms with Crippen LogP contribution < -0.4 is 0 Å². The molecule has 136 valence electrons. The summed E-state index contributed by atoms with van der Waals surface area (Å²) in [6, 6.07) is 0. The van der Waals surface area contributed by atoms with E-state index in [-0.39, 0.29) is 30.8 Å². The van der Waals surface area contributed by atoms with E-state index in [1.165, 1.54) is 6.92 Å². The number of ether oxygens (including phenoxy) is 2. The smallest absolute Gasteiger partial charge is 0.334 e. The monoisotopic (exact) mass is 348 g/mol. The van der Waals surface area contributed by atoms with Gasteiger partial charge in [0.05, 0.1) is 19.1 Å².